The SMILES string of the molecule is Cc1cc(C)c2nc(-c3ccccc3Cl)cc(C(=O)Nc3ccc(C(=O)N(C)[C@@H](C)c4cc(C)no4)cc3)c2c1. The molecule has 5 rings (SSSR count). The Bertz CT molecular complexity index is 1740. The second kappa shape index (κ2) is 10.9. The van der Waals surface area contributed by atoms with Crippen LogP contribution in [0.4, 0.5) is 5.69 Å². The molecule has 202 valence electrons. The molecule has 0 spiro atoms. The number of nitrogens with one attached hydrogen (secondary N) is 1. The third-order valence-corrected chi connectivity index (χ3v) is 7.32. The monoisotopic (exact) mass is 552 g/mol. The zero-order chi connectivity index (χ0) is 28.6. The number of nitrogens with zero attached hydrogens (tertiary/aromatic N) is 3. The van der Waals surface area contributed by atoms with E-state index in [2.05, 4.69) is 10.5 Å². The lowest BCUT2D eigenvalue weighted by Gasteiger charge is -2.23. The summed E-state index contributed by atoms with van der Waals surface area (Å²) in [5, 5.41) is 8.21. The highest BCUT2D eigenvalue weighted by molar-refractivity contribution is 6.33. The summed E-state index contributed by atoms with van der Waals surface area (Å²) in [6.45, 7) is 7.69. The van der Waals surface area contributed by atoms with Gasteiger partial charge in [0.25, 0.3) is 11.8 Å². The first-order valence-electron chi connectivity index (χ1n) is 12.9. The Hall–Kier alpha value is -4.49. The number of pyridine rings is 1. The van der Waals surface area contributed by atoms with Gasteiger partial charge >= 0.3 is 0 Å². The van der Waals surface area contributed by atoms with Gasteiger partial charge in [-0.1, -0.05) is 46.6 Å². The molecule has 0 aliphatic heterocycles. The van der Waals surface area contributed by atoms with E-state index in [9.17, 15) is 9.59 Å². The minimum Gasteiger partial charge on any atom is -0.359 e. The number of aromatic nitrogens is 2. The first-order valence-corrected chi connectivity index (χ1v) is 13.3. The van der Waals surface area contributed by atoms with Crippen LogP contribution in [0.15, 0.2) is 77.3 Å². The van der Waals surface area contributed by atoms with E-state index in [-0.39, 0.29) is 17.9 Å². The Labute approximate surface area is 237 Å². The first-order chi connectivity index (χ1) is 19.1. The van der Waals surface area contributed by atoms with Crippen molar-refractivity contribution in [2.45, 2.75) is 33.7 Å². The molecule has 0 bridgehead atoms. The number of anilines is 1. The van der Waals surface area contributed by atoms with Crippen molar-refractivity contribution in [3.8, 4) is 11.3 Å². The van der Waals surface area contributed by atoms with Crippen molar-refractivity contribution in [2.24, 2.45) is 0 Å². The van der Waals surface area contributed by atoms with Gasteiger partial charge in [-0.3, -0.25) is 9.59 Å². The molecule has 0 fully saturated rings. The molecule has 3 aromatic carbocycles. The van der Waals surface area contributed by atoms with Crippen molar-refractivity contribution in [3.63, 3.8) is 0 Å². The molecular weight excluding hydrogens is 524 g/mol. The summed E-state index contributed by atoms with van der Waals surface area (Å²) in [5.41, 5.74) is 6.43. The molecule has 1 N–H and O–H groups in total. The molecule has 1 atom stereocenters. The van der Waals surface area contributed by atoms with Crippen molar-refractivity contribution in [2.75, 3.05) is 12.4 Å². The number of hydrogen-bond acceptors (Lipinski definition) is 5. The lowest BCUT2D eigenvalue weighted by Crippen LogP contribution is -2.29. The molecule has 2 amide bonds. The molecular formula is C32H29ClN4O3. The summed E-state index contributed by atoms with van der Waals surface area (Å²) >= 11 is 6.47. The van der Waals surface area contributed by atoms with Crippen molar-refractivity contribution >= 4 is 40.0 Å². The molecule has 40 heavy (non-hydrogen) atoms. The predicted molar refractivity (Wildman–Crippen MR) is 158 cm³/mol. The van der Waals surface area contributed by atoms with Crippen LogP contribution < -0.4 is 5.32 Å². The van der Waals surface area contributed by atoms with Crippen LogP contribution in [0, 0.1) is 20.8 Å². The van der Waals surface area contributed by atoms with Crippen LogP contribution in [0.3, 0.4) is 0 Å². The molecule has 0 saturated carbocycles. The van der Waals surface area contributed by atoms with Gasteiger partial charge in [0.05, 0.1) is 28.5 Å². The van der Waals surface area contributed by atoms with Crippen LogP contribution in [0.2, 0.25) is 5.02 Å². The van der Waals surface area contributed by atoms with Gasteiger partial charge in [0, 0.05) is 40.3 Å². The van der Waals surface area contributed by atoms with Gasteiger partial charge in [0.1, 0.15) is 0 Å². The third kappa shape index (κ3) is 5.33. The minimum atomic E-state index is -0.285. The van der Waals surface area contributed by atoms with Gasteiger partial charge in [0.15, 0.2) is 5.76 Å². The maximum absolute atomic E-state index is 13.6. The van der Waals surface area contributed by atoms with E-state index in [0.717, 1.165) is 33.3 Å². The highest BCUT2D eigenvalue weighted by Gasteiger charge is 2.22. The number of hydrogen-bond donors (Lipinski definition) is 1. The number of halogens is 1. The highest BCUT2D eigenvalue weighted by atomic mass is 35.5. The fourth-order valence-corrected chi connectivity index (χ4v) is 4.95. The molecule has 2 heterocycles. The fourth-order valence-electron chi connectivity index (χ4n) is 4.72. The van der Waals surface area contributed by atoms with E-state index in [0.29, 0.717) is 33.3 Å². The van der Waals surface area contributed by atoms with Gasteiger partial charge in [-0.15, -0.1) is 0 Å². The van der Waals surface area contributed by atoms with E-state index >= 15 is 0 Å². The average molecular weight is 553 g/mol. The lowest BCUT2D eigenvalue weighted by atomic mass is 9.99. The van der Waals surface area contributed by atoms with Crippen LogP contribution in [0.25, 0.3) is 22.2 Å². The minimum absolute atomic E-state index is 0.171. The number of aryl methyl sites for hydroxylation is 3. The van der Waals surface area contributed by atoms with E-state index in [4.69, 9.17) is 21.1 Å². The van der Waals surface area contributed by atoms with E-state index < -0.39 is 0 Å². The molecule has 2 aromatic heterocycles. The maximum Gasteiger partial charge on any atom is 0.256 e. The number of rotatable bonds is 6. The number of benzene rings is 3. The highest BCUT2D eigenvalue weighted by Crippen LogP contribution is 2.32. The molecule has 0 aliphatic rings. The van der Waals surface area contributed by atoms with Crippen molar-refractivity contribution < 1.29 is 14.1 Å². The Kier molecular flexibility index (Phi) is 7.41. The van der Waals surface area contributed by atoms with Crippen LogP contribution >= 0.6 is 11.6 Å². The van der Waals surface area contributed by atoms with E-state index in [1.807, 2.05) is 64.1 Å². The largest absolute Gasteiger partial charge is 0.359 e. The number of carbonyl (C=O) groups excluding carboxylic acids is 2. The first kappa shape index (κ1) is 27.1. The molecule has 0 saturated heterocycles. The van der Waals surface area contributed by atoms with Gasteiger partial charge < -0.3 is 14.7 Å². The molecule has 5 aromatic rings. The summed E-state index contributed by atoms with van der Waals surface area (Å²) < 4.78 is 5.32. The fraction of sp³-hybridized carbons (Fsp3) is 0.188. The second-order valence-corrected chi connectivity index (χ2v) is 10.4. The van der Waals surface area contributed by atoms with Gasteiger partial charge in [0.2, 0.25) is 0 Å². The Morgan fingerprint density at radius 3 is 2.38 bits per heavy atom. The van der Waals surface area contributed by atoms with Gasteiger partial charge in [-0.25, -0.2) is 4.98 Å². The maximum atomic E-state index is 13.6. The van der Waals surface area contributed by atoms with Crippen molar-refractivity contribution in [1.82, 2.24) is 15.0 Å². The average Bonchev–Trinajstić information content (AvgIpc) is 3.38. The summed E-state index contributed by atoms with van der Waals surface area (Å²) in [4.78, 5) is 33.2. The standard InChI is InChI=1S/C32H29ClN4O3/c1-18-14-19(2)30-25(15-18)26(17-28(35-30)24-8-6-7-9-27(24)33)31(38)34-23-12-10-22(11-13-23)32(39)37(5)21(4)29-16-20(3)36-40-29/h6-17,21H,1-5H3,(H,34,38)/t21-/m0/s1. The van der Waals surface area contributed by atoms with Crippen LogP contribution in [-0.4, -0.2) is 33.9 Å². The zero-order valence-corrected chi connectivity index (χ0v) is 23.7. The van der Waals surface area contributed by atoms with E-state index in [1.54, 1.807) is 48.3 Å². The lowest BCUT2D eigenvalue weighted by molar-refractivity contribution is 0.0720. The second-order valence-electron chi connectivity index (χ2n) is 10.0. The van der Waals surface area contributed by atoms with Crippen molar-refractivity contribution in [3.05, 3.63) is 112 Å². The molecule has 0 unspecified atom stereocenters. The van der Waals surface area contributed by atoms with Crippen molar-refractivity contribution in [1.29, 1.82) is 0 Å². The Morgan fingerprint density at radius 2 is 1.70 bits per heavy atom. The van der Waals surface area contributed by atoms with Gasteiger partial charge in [-0.05, 0) is 75.7 Å². The number of carbonyl (C=O) groups is 2. The summed E-state index contributed by atoms with van der Waals surface area (Å²) in [7, 11) is 1.72. The quantitative estimate of drug-likeness (QED) is 0.235. The van der Waals surface area contributed by atoms with Crippen LogP contribution in [-0.2, 0) is 0 Å². The molecule has 0 aliphatic carbocycles. The third-order valence-electron chi connectivity index (χ3n) is 6.99. The summed E-state index contributed by atoms with van der Waals surface area (Å²) in [6.07, 6.45) is 0. The smallest absolute Gasteiger partial charge is 0.256 e. The van der Waals surface area contributed by atoms with E-state index in [1.165, 1.54) is 0 Å². The Morgan fingerprint density at radius 1 is 0.975 bits per heavy atom. The number of amides is 2. The molecule has 7 nitrogen and oxygen atoms in total. The zero-order valence-electron chi connectivity index (χ0n) is 22.9. The normalized spacial score (nSPS) is 11.8. The summed E-state index contributed by atoms with van der Waals surface area (Å²) in [6, 6.07) is 21.6. The predicted octanol–water partition coefficient (Wildman–Crippen LogP) is 7.55. The molecule has 0 radical (unpaired) electrons. The Balaban J connectivity index is 1.43. The molecule has 8 heteroatoms. The van der Waals surface area contributed by atoms with Crippen LogP contribution in [0.1, 0.15) is 56.3 Å². The topological polar surface area (TPSA) is 88.3 Å². The van der Waals surface area contributed by atoms with Crippen LogP contribution in [0.5, 0.6) is 0 Å². The number of fused-ring (bicyclic) bond motifs is 1. The van der Waals surface area contributed by atoms with Gasteiger partial charge in [-0.2, -0.15) is 0 Å². The summed E-state index contributed by atoms with van der Waals surface area (Å²) in [5.74, 6) is 0.162.